The van der Waals surface area contributed by atoms with E-state index in [0.29, 0.717) is 26.2 Å². The van der Waals surface area contributed by atoms with E-state index < -0.39 is 11.6 Å². The first kappa shape index (κ1) is 18.2. The Bertz CT molecular complexity index is 875. The Morgan fingerprint density at radius 3 is 2.48 bits per heavy atom. The van der Waals surface area contributed by atoms with Crippen molar-refractivity contribution in [3.05, 3.63) is 35.8 Å². The molecule has 2 heterocycles. The molecule has 11 heteroatoms. The van der Waals surface area contributed by atoms with Gasteiger partial charge in [-0.1, -0.05) is 0 Å². The third kappa shape index (κ3) is 4.00. The zero-order valence-corrected chi connectivity index (χ0v) is 14.4. The second-order valence-electron chi connectivity index (χ2n) is 5.83. The molecule has 0 unspecified atom stereocenters. The fraction of sp³-hybridized carbons (Fsp3) is 0.312. The number of aromatic amines is 1. The molecule has 2 N–H and O–H groups in total. The molecule has 27 heavy (non-hydrogen) atoms. The Kier molecular flexibility index (Phi) is 5.25. The number of nitriles is 1. The van der Waals surface area contributed by atoms with E-state index in [4.69, 9.17) is 5.26 Å². The predicted molar refractivity (Wildman–Crippen MR) is 92.2 cm³/mol. The van der Waals surface area contributed by atoms with Crippen molar-refractivity contribution in [3.8, 4) is 6.07 Å². The van der Waals surface area contributed by atoms with Gasteiger partial charge in [0.2, 0.25) is 11.7 Å². The minimum Gasteiger partial charge on any atom is -0.363 e. The van der Waals surface area contributed by atoms with E-state index in [0.717, 1.165) is 12.1 Å². The third-order valence-corrected chi connectivity index (χ3v) is 4.15. The summed E-state index contributed by atoms with van der Waals surface area (Å²) in [4.78, 5) is 14.6. The Morgan fingerprint density at radius 1 is 1.30 bits per heavy atom. The number of benzene rings is 1. The van der Waals surface area contributed by atoms with Crippen LogP contribution in [0, 0.1) is 23.0 Å². The van der Waals surface area contributed by atoms with Crippen LogP contribution < -0.4 is 10.2 Å². The number of anilines is 2. The summed E-state index contributed by atoms with van der Waals surface area (Å²) in [5, 5.41) is 24.7. The Morgan fingerprint density at radius 2 is 1.96 bits per heavy atom. The number of nitrogens with one attached hydrogen (secondary N) is 2. The molecule has 2 aromatic rings. The lowest BCUT2D eigenvalue weighted by Crippen LogP contribution is -2.48. The average molecular weight is 374 g/mol. The van der Waals surface area contributed by atoms with Crippen LogP contribution in [0.25, 0.3) is 5.57 Å². The number of carbonyl (C=O) groups excluding carboxylic acids is 1. The first-order valence-corrected chi connectivity index (χ1v) is 8.09. The van der Waals surface area contributed by atoms with Gasteiger partial charge in [-0.25, -0.2) is 8.78 Å². The van der Waals surface area contributed by atoms with E-state index in [1.165, 1.54) is 13.1 Å². The number of halogens is 2. The van der Waals surface area contributed by atoms with E-state index >= 15 is 0 Å². The smallest absolute Gasteiger partial charge is 0.219 e. The van der Waals surface area contributed by atoms with Crippen molar-refractivity contribution in [2.24, 2.45) is 0 Å². The summed E-state index contributed by atoms with van der Waals surface area (Å²) >= 11 is 0. The summed E-state index contributed by atoms with van der Waals surface area (Å²) in [7, 11) is 0. The maximum atomic E-state index is 14.5. The van der Waals surface area contributed by atoms with Crippen molar-refractivity contribution >= 4 is 22.9 Å². The van der Waals surface area contributed by atoms with Crippen LogP contribution >= 0.6 is 0 Å². The van der Waals surface area contributed by atoms with Crippen LogP contribution in [0.3, 0.4) is 0 Å². The Hall–Kier alpha value is -3.55. The summed E-state index contributed by atoms with van der Waals surface area (Å²) < 4.78 is 29.0. The summed E-state index contributed by atoms with van der Waals surface area (Å²) in [6.07, 6.45) is 1.24. The second-order valence-corrected chi connectivity index (χ2v) is 5.83. The van der Waals surface area contributed by atoms with Crippen molar-refractivity contribution in [1.29, 1.82) is 5.26 Å². The van der Waals surface area contributed by atoms with Gasteiger partial charge in [-0.15, -0.1) is 10.2 Å². The lowest BCUT2D eigenvalue weighted by molar-refractivity contribution is -0.129. The minimum atomic E-state index is -0.736. The number of carbonyl (C=O) groups is 1. The highest BCUT2D eigenvalue weighted by molar-refractivity contribution is 5.75. The first-order chi connectivity index (χ1) is 13.0. The summed E-state index contributed by atoms with van der Waals surface area (Å²) in [5.74, 6) is -1.47. The average Bonchev–Trinajstić information content (AvgIpc) is 3.17. The molecule has 1 aromatic carbocycles. The Labute approximate surface area is 153 Å². The van der Waals surface area contributed by atoms with Gasteiger partial charge in [0.15, 0.2) is 11.6 Å². The van der Waals surface area contributed by atoms with Gasteiger partial charge in [-0.3, -0.25) is 4.79 Å². The minimum absolute atomic E-state index is 0.0500. The molecule has 0 saturated carbocycles. The number of hydrogen-bond donors (Lipinski definition) is 2. The van der Waals surface area contributed by atoms with Crippen molar-refractivity contribution in [2.75, 3.05) is 36.4 Å². The maximum absolute atomic E-state index is 14.5. The van der Waals surface area contributed by atoms with Crippen molar-refractivity contribution < 1.29 is 13.6 Å². The molecule has 1 aliphatic rings. The van der Waals surface area contributed by atoms with Crippen LogP contribution in [0.2, 0.25) is 0 Å². The number of aromatic nitrogens is 4. The van der Waals surface area contributed by atoms with Crippen molar-refractivity contribution in [3.63, 3.8) is 0 Å². The lowest BCUT2D eigenvalue weighted by Gasteiger charge is -2.35. The topological polar surface area (TPSA) is 114 Å². The Balaban J connectivity index is 1.76. The van der Waals surface area contributed by atoms with Gasteiger partial charge < -0.3 is 15.1 Å². The van der Waals surface area contributed by atoms with Crippen LogP contribution in [0.5, 0.6) is 0 Å². The van der Waals surface area contributed by atoms with Gasteiger partial charge >= 0.3 is 0 Å². The molecule has 1 aliphatic heterocycles. The molecule has 1 aromatic heterocycles. The van der Waals surface area contributed by atoms with Crippen LogP contribution in [-0.2, 0) is 4.79 Å². The van der Waals surface area contributed by atoms with E-state index in [9.17, 15) is 13.6 Å². The highest BCUT2D eigenvalue weighted by Crippen LogP contribution is 2.28. The van der Waals surface area contributed by atoms with Crippen LogP contribution in [0.1, 0.15) is 12.7 Å². The molecule has 0 spiro atoms. The highest BCUT2D eigenvalue weighted by Gasteiger charge is 2.24. The fourth-order valence-electron chi connectivity index (χ4n) is 2.77. The number of allylic oxidation sites excluding steroid dienone is 1. The molecule has 3 rings (SSSR count). The molecule has 0 atom stereocenters. The van der Waals surface area contributed by atoms with Gasteiger partial charge in [0, 0.05) is 45.0 Å². The molecular weight excluding hydrogens is 358 g/mol. The van der Waals surface area contributed by atoms with Gasteiger partial charge in [0.25, 0.3) is 0 Å². The molecule has 1 fully saturated rings. The van der Waals surface area contributed by atoms with Crippen LogP contribution in [-0.4, -0.2) is 57.6 Å². The molecule has 0 bridgehead atoms. The number of H-pyrrole nitrogens is 1. The number of nitrogens with zero attached hydrogens (tertiary/aromatic N) is 6. The molecular formula is C16H16F2N8O. The van der Waals surface area contributed by atoms with Gasteiger partial charge in [-0.05, 0) is 17.3 Å². The van der Waals surface area contributed by atoms with E-state index in [-0.39, 0.29) is 28.7 Å². The van der Waals surface area contributed by atoms with Gasteiger partial charge in [0.1, 0.15) is 17.3 Å². The maximum Gasteiger partial charge on any atom is 0.219 e. The van der Waals surface area contributed by atoms with Crippen molar-refractivity contribution in [2.45, 2.75) is 6.92 Å². The number of hydrogen-bond acceptors (Lipinski definition) is 7. The number of rotatable bonds is 4. The normalized spacial score (nSPS) is 14.8. The molecule has 9 nitrogen and oxygen atoms in total. The van der Waals surface area contributed by atoms with Crippen molar-refractivity contribution in [1.82, 2.24) is 25.5 Å². The quantitative estimate of drug-likeness (QED) is 0.771. The molecule has 0 radical (unpaired) electrons. The third-order valence-electron chi connectivity index (χ3n) is 4.15. The first-order valence-electron chi connectivity index (χ1n) is 8.09. The molecule has 1 amide bonds. The SMILES string of the molecule is CC(=O)N1CCN(c2c(F)cc(NC=C(C#N)c3nn[nH]n3)cc2F)CC1. The monoisotopic (exact) mass is 374 g/mol. The zero-order valence-electron chi connectivity index (χ0n) is 14.4. The van der Waals surface area contributed by atoms with Gasteiger partial charge in [0.05, 0.1) is 0 Å². The van der Waals surface area contributed by atoms with E-state index in [1.807, 2.05) is 6.07 Å². The summed E-state index contributed by atoms with van der Waals surface area (Å²) in [6.45, 7) is 2.97. The number of amides is 1. The summed E-state index contributed by atoms with van der Waals surface area (Å²) in [5.41, 5.74) is 0.0489. The van der Waals surface area contributed by atoms with E-state index in [1.54, 1.807) is 9.80 Å². The van der Waals surface area contributed by atoms with E-state index in [2.05, 4.69) is 25.9 Å². The van der Waals surface area contributed by atoms with Gasteiger partial charge in [-0.2, -0.15) is 10.5 Å². The zero-order chi connectivity index (χ0) is 19.4. The molecule has 1 saturated heterocycles. The van der Waals surface area contributed by atoms with Crippen LogP contribution in [0.15, 0.2) is 18.3 Å². The number of piperazine rings is 1. The largest absolute Gasteiger partial charge is 0.363 e. The van der Waals surface area contributed by atoms with Crippen LogP contribution in [0.4, 0.5) is 20.2 Å². The predicted octanol–water partition coefficient (Wildman–Crippen LogP) is 1.12. The molecule has 0 aliphatic carbocycles. The molecule has 140 valence electrons. The second kappa shape index (κ2) is 7.77. The fourth-order valence-corrected chi connectivity index (χ4v) is 2.77. The standard InChI is InChI=1S/C16H16F2N8O/c1-10(27)25-2-4-26(5-3-25)15-13(17)6-12(7-14(15)18)20-9-11(8-19)16-21-23-24-22-16/h6-7,9,20H,2-5H2,1H3,(H,21,22,23,24). The summed E-state index contributed by atoms with van der Waals surface area (Å²) in [6, 6.07) is 4.14. The number of tetrazole rings is 1. The highest BCUT2D eigenvalue weighted by atomic mass is 19.1. The lowest BCUT2D eigenvalue weighted by atomic mass is 10.2.